The van der Waals surface area contributed by atoms with Crippen molar-refractivity contribution < 1.29 is 71.7 Å². The number of fused-ring (bicyclic) bond motifs is 1. The number of esters is 4. The summed E-state index contributed by atoms with van der Waals surface area (Å²) in [5, 5.41) is 16.6. The van der Waals surface area contributed by atoms with E-state index in [4.69, 9.17) is 62.6 Å². The minimum atomic E-state index is -0.401. The summed E-state index contributed by atoms with van der Waals surface area (Å²) in [6, 6.07) is 28.0. The van der Waals surface area contributed by atoms with Crippen molar-refractivity contribution in [3.05, 3.63) is 122 Å². The van der Waals surface area contributed by atoms with Gasteiger partial charge < -0.3 is 52.5 Å². The third kappa shape index (κ3) is 23.6. The molecular weight excluding hydrogens is 1110 g/mol. The summed E-state index contributed by atoms with van der Waals surface area (Å²) in [4.78, 5) is 53.8. The van der Waals surface area contributed by atoms with Crippen molar-refractivity contribution in [3.63, 3.8) is 0 Å². The van der Waals surface area contributed by atoms with E-state index in [0.29, 0.717) is 131 Å². The van der Waals surface area contributed by atoms with E-state index in [1.807, 2.05) is 71.7 Å². The molecule has 0 bridgehead atoms. The fourth-order valence-electron chi connectivity index (χ4n) is 9.81. The fraction of sp³-hybridized carbons (Fsp3) is 0.485. The molecule has 0 atom stereocenters. The zero-order valence-corrected chi connectivity index (χ0v) is 49.6. The molecule has 2 aliphatic rings. The maximum Gasteiger partial charge on any atom is 0.330 e. The number of benzene rings is 4. The largest absolute Gasteiger partial charge is 0.494 e. The lowest BCUT2D eigenvalue weighted by molar-refractivity contribution is -0.141. The average molecular weight is 1190 g/mol. The van der Waals surface area contributed by atoms with Crippen molar-refractivity contribution in [1.29, 1.82) is 0 Å². The van der Waals surface area contributed by atoms with Gasteiger partial charge in [0.05, 0.1) is 107 Å². The van der Waals surface area contributed by atoms with Crippen molar-refractivity contribution in [1.82, 2.24) is 4.98 Å². The maximum atomic E-state index is 13.3. The molecule has 19 heteroatoms. The van der Waals surface area contributed by atoms with E-state index >= 15 is 0 Å². The molecule has 0 amide bonds. The van der Waals surface area contributed by atoms with Crippen molar-refractivity contribution >= 4 is 56.8 Å². The number of anilines is 1. The van der Waals surface area contributed by atoms with Gasteiger partial charge in [0.1, 0.15) is 34.5 Å². The second-order valence-electron chi connectivity index (χ2n) is 21.1. The van der Waals surface area contributed by atoms with Crippen molar-refractivity contribution in [2.75, 3.05) is 84.2 Å². The molecule has 2 aliphatic carbocycles. The zero-order valence-electron chi connectivity index (χ0n) is 48.8. The Morgan fingerprint density at radius 3 is 1.58 bits per heavy atom. The molecule has 0 spiro atoms. The molecule has 1 heterocycles. The number of nitrogens with zero attached hydrogens (tertiary/aromatic N) is 3. The summed E-state index contributed by atoms with van der Waals surface area (Å²) in [7, 11) is 0. The van der Waals surface area contributed by atoms with Gasteiger partial charge in [-0.2, -0.15) is 5.10 Å². The number of aliphatic hydroxyl groups excluding tert-OH is 1. The minimum Gasteiger partial charge on any atom is -0.494 e. The molecule has 7 rings (SSSR count). The molecule has 4 aromatic carbocycles. The molecule has 1 N–H and O–H groups in total. The number of carbonyl (C=O) groups is 4. The minimum absolute atomic E-state index is 0.0487. The molecule has 0 aliphatic heterocycles. The Morgan fingerprint density at radius 1 is 0.553 bits per heavy atom. The summed E-state index contributed by atoms with van der Waals surface area (Å²) < 4.78 is 58.8. The van der Waals surface area contributed by atoms with Gasteiger partial charge in [0.2, 0.25) is 5.13 Å². The lowest BCUT2D eigenvalue weighted by Gasteiger charge is -2.28. The van der Waals surface area contributed by atoms with E-state index in [0.717, 1.165) is 92.8 Å². The molecule has 85 heavy (non-hydrogen) atoms. The van der Waals surface area contributed by atoms with Gasteiger partial charge in [-0.1, -0.05) is 36.6 Å². The monoisotopic (exact) mass is 1190 g/mol. The van der Waals surface area contributed by atoms with E-state index in [-0.39, 0.29) is 48.8 Å². The first-order valence-electron chi connectivity index (χ1n) is 30.0. The SMILES string of the molecule is C=CC(=O)OCCCCCCOc1ccc(OC(=O)C2CCC(COc3ccc(OCC4CCC(C(=O)Oc5ccc(OCCCCCCOC(=O)C=C)cc5)CC4)c(/C=N/N(CCOCCOCCO)c4nc5ccccc5s4)c3)CC2)cc1. The second-order valence-corrected chi connectivity index (χ2v) is 22.1. The summed E-state index contributed by atoms with van der Waals surface area (Å²) in [6.07, 6.45) is 17.3. The Kier molecular flexibility index (Phi) is 28.5. The number of hydrogen-bond acceptors (Lipinski definition) is 19. The number of aliphatic hydroxyl groups is 1. The van der Waals surface area contributed by atoms with Gasteiger partial charge in [-0.25, -0.2) is 19.6 Å². The van der Waals surface area contributed by atoms with Crippen LogP contribution >= 0.6 is 11.3 Å². The topological polar surface area (TPSA) is 209 Å². The normalized spacial score (nSPS) is 16.7. The molecular formula is C66H83N3O15S. The predicted molar refractivity (Wildman–Crippen MR) is 326 cm³/mol. The van der Waals surface area contributed by atoms with Gasteiger partial charge in [0.15, 0.2) is 0 Å². The number of rotatable bonds is 39. The van der Waals surface area contributed by atoms with E-state index in [9.17, 15) is 19.2 Å². The van der Waals surface area contributed by atoms with Gasteiger partial charge >= 0.3 is 23.9 Å². The average Bonchev–Trinajstić information content (AvgIpc) is 4.23. The van der Waals surface area contributed by atoms with Crippen LogP contribution in [-0.4, -0.2) is 119 Å². The first-order chi connectivity index (χ1) is 41.7. The van der Waals surface area contributed by atoms with E-state index in [1.165, 1.54) is 23.5 Å². The number of hydrazone groups is 1. The fourth-order valence-corrected chi connectivity index (χ4v) is 10.8. The van der Waals surface area contributed by atoms with Gasteiger partial charge in [-0.15, -0.1) is 0 Å². The molecule has 2 fully saturated rings. The molecule has 2 saturated carbocycles. The third-order valence-corrected chi connectivity index (χ3v) is 15.8. The Bertz CT molecular complexity index is 2810. The van der Waals surface area contributed by atoms with Gasteiger partial charge in [-0.3, -0.25) is 9.59 Å². The van der Waals surface area contributed by atoms with E-state index in [1.54, 1.807) is 30.5 Å². The zero-order chi connectivity index (χ0) is 59.7. The van der Waals surface area contributed by atoms with Crippen LogP contribution in [0, 0.1) is 23.7 Å². The van der Waals surface area contributed by atoms with Gasteiger partial charge in [-0.05, 0) is 193 Å². The van der Waals surface area contributed by atoms with E-state index in [2.05, 4.69) is 13.2 Å². The van der Waals surface area contributed by atoms with Crippen LogP contribution in [0.15, 0.2) is 121 Å². The number of thiazole rings is 1. The Morgan fingerprint density at radius 2 is 1.05 bits per heavy atom. The number of unbranched alkanes of at least 4 members (excludes halogenated alkanes) is 6. The van der Waals surface area contributed by atoms with Crippen LogP contribution < -0.4 is 33.4 Å². The highest BCUT2D eigenvalue weighted by molar-refractivity contribution is 7.22. The van der Waals surface area contributed by atoms with E-state index < -0.39 is 11.9 Å². The lowest BCUT2D eigenvalue weighted by atomic mass is 9.82. The van der Waals surface area contributed by atoms with Crippen LogP contribution in [-0.2, 0) is 38.1 Å². The highest BCUT2D eigenvalue weighted by Crippen LogP contribution is 2.35. The lowest BCUT2D eigenvalue weighted by Crippen LogP contribution is -2.28. The van der Waals surface area contributed by atoms with Crippen LogP contribution in [0.2, 0.25) is 0 Å². The number of ether oxygens (including phenoxy) is 10. The number of aromatic nitrogens is 1. The third-order valence-electron chi connectivity index (χ3n) is 14.7. The standard InChI is InChI=1S/C66H83N3O15S/c1-3-62(71)79-39-13-7-5-11-37-77-54-25-29-56(30-26-54)83-64(73)51-21-17-49(18-22-51)47-81-58-33-34-60(53(45-58)46-67-69(35-41-75-43-44-76-42-36-70)66-68-59-15-9-10-16-61(59)85-66)82-48-50-19-23-52(24-20-50)65(74)84-57-31-27-55(28-32-57)78-38-12-6-8-14-40-80-63(72)4-2/h3-4,9-10,15-16,25-34,45-46,49-52,70H,1-2,5-8,11-14,17-24,35-44,47-48H2/b67-46+. The van der Waals surface area contributed by atoms with Crippen molar-refractivity contribution in [3.8, 4) is 34.5 Å². The number of para-hydroxylation sites is 1. The Balaban J connectivity index is 0.893. The second kappa shape index (κ2) is 37.2. The maximum absolute atomic E-state index is 13.3. The predicted octanol–water partition coefficient (Wildman–Crippen LogP) is 12.1. The first kappa shape index (κ1) is 65.2. The smallest absolute Gasteiger partial charge is 0.330 e. The number of carbonyl (C=O) groups excluding carboxylic acids is 4. The Hall–Kier alpha value is -7.32. The molecule has 18 nitrogen and oxygen atoms in total. The van der Waals surface area contributed by atoms with Crippen LogP contribution in [0.1, 0.15) is 108 Å². The highest BCUT2D eigenvalue weighted by Gasteiger charge is 2.30. The molecule has 1 aromatic heterocycles. The Labute approximate surface area is 503 Å². The van der Waals surface area contributed by atoms with Crippen molar-refractivity contribution in [2.24, 2.45) is 28.8 Å². The quantitative estimate of drug-likeness (QED) is 0.00968. The van der Waals surface area contributed by atoms with Crippen LogP contribution in [0.25, 0.3) is 10.2 Å². The van der Waals surface area contributed by atoms with Crippen molar-refractivity contribution in [2.45, 2.75) is 103 Å². The van der Waals surface area contributed by atoms with Gasteiger partial charge in [0, 0.05) is 17.7 Å². The number of hydrogen-bond donors (Lipinski definition) is 1. The molecule has 0 unspecified atom stereocenters. The summed E-state index contributed by atoms with van der Waals surface area (Å²) in [5.74, 6) is 2.49. The highest BCUT2D eigenvalue weighted by atomic mass is 32.1. The van der Waals surface area contributed by atoms with Crippen LogP contribution in [0.3, 0.4) is 0 Å². The van der Waals surface area contributed by atoms with Crippen LogP contribution in [0.5, 0.6) is 34.5 Å². The summed E-state index contributed by atoms with van der Waals surface area (Å²) >= 11 is 1.54. The first-order valence-corrected chi connectivity index (χ1v) is 30.8. The molecule has 0 radical (unpaired) electrons. The molecule has 5 aromatic rings. The summed E-state index contributed by atoms with van der Waals surface area (Å²) in [5.41, 5.74) is 1.59. The molecule has 0 saturated heterocycles. The summed E-state index contributed by atoms with van der Waals surface area (Å²) in [6.45, 7) is 11.3. The van der Waals surface area contributed by atoms with Crippen LogP contribution in [0.4, 0.5) is 5.13 Å². The molecule has 458 valence electrons. The van der Waals surface area contributed by atoms with Gasteiger partial charge in [0.25, 0.3) is 0 Å².